The number of pyridine rings is 1. The number of fused-ring (bicyclic) bond motifs is 1. The fraction of sp³-hybridized carbons (Fsp3) is 0.400. The molecule has 0 atom stereocenters. The molecule has 1 aliphatic carbocycles. The van der Waals surface area contributed by atoms with Crippen molar-refractivity contribution < 1.29 is 8.42 Å². The minimum absolute atomic E-state index is 0.0392. The number of aryl methyl sites for hydroxylation is 3. The van der Waals surface area contributed by atoms with Crippen molar-refractivity contribution in [2.75, 3.05) is 0 Å². The largest absolute Gasteiger partial charge is 0.322 e. The first-order chi connectivity index (χ1) is 15.2. The zero-order chi connectivity index (χ0) is 23.0. The lowest BCUT2D eigenvalue weighted by Crippen LogP contribution is -2.42. The molecule has 0 unspecified atom stereocenters. The number of benzene rings is 2. The Bertz CT molecular complexity index is 1330. The van der Waals surface area contributed by atoms with Crippen LogP contribution in [0.25, 0.3) is 10.9 Å². The summed E-state index contributed by atoms with van der Waals surface area (Å²) < 4.78 is 29.2. The van der Waals surface area contributed by atoms with E-state index < -0.39 is 10.0 Å². The van der Waals surface area contributed by atoms with Gasteiger partial charge < -0.3 is 4.98 Å². The van der Waals surface area contributed by atoms with E-state index in [-0.39, 0.29) is 23.0 Å². The van der Waals surface area contributed by atoms with Crippen LogP contribution in [0, 0.1) is 20.8 Å². The van der Waals surface area contributed by atoms with Gasteiger partial charge in [-0.3, -0.25) is 4.79 Å². The highest BCUT2D eigenvalue weighted by molar-refractivity contribution is 7.89. The molecule has 1 aliphatic rings. The maximum atomic E-state index is 13.9. The van der Waals surface area contributed by atoms with Gasteiger partial charge in [0.1, 0.15) is 0 Å². The van der Waals surface area contributed by atoms with Crippen LogP contribution < -0.4 is 5.56 Å². The number of sulfonamides is 1. The molecule has 0 saturated heterocycles. The van der Waals surface area contributed by atoms with E-state index in [1.165, 1.54) is 10.4 Å². The van der Waals surface area contributed by atoms with Gasteiger partial charge in [0, 0.05) is 34.1 Å². The zero-order valence-electron chi connectivity index (χ0n) is 18.7. The fourth-order valence-corrected chi connectivity index (χ4v) is 6.91. The van der Waals surface area contributed by atoms with Crippen molar-refractivity contribution in [1.82, 2.24) is 9.29 Å². The zero-order valence-corrected chi connectivity index (χ0v) is 20.3. The molecular formula is C25H29ClN2O3S. The van der Waals surface area contributed by atoms with Gasteiger partial charge in [0.25, 0.3) is 5.56 Å². The molecule has 170 valence electrons. The van der Waals surface area contributed by atoms with Crippen LogP contribution in [0.3, 0.4) is 0 Å². The quantitative estimate of drug-likeness (QED) is 0.523. The van der Waals surface area contributed by atoms with Crippen molar-refractivity contribution >= 4 is 32.5 Å². The second-order valence-electron chi connectivity index (χ2n) is 8.92. The lowest BCUT2D eigenvalue weighted by atomic mass is 9.95. The molecule has 1 N–H and O–H groups in total. The van der Waals surface area contributed by atoms with Gasteiger partial charge in [-0.15, -0.1) is 0 Å². The molecule has 0 radical (unpaired) electrons. The summed E-state index contributed by atoms with van der Waals surface area (Å²) >= 11 is 6.16. The number of rotatable bonds is 5. The van der Waals surface area contributed by atoms with E-state index in [0.717, 1.165) is 54.1 Å². The summed E-state index contributed by atoms with van der Waals surface area (Å²) in [5, 5.41) is 1.32. The van der Waals surface area contributed by atoms with Gasteiger partial charge in [-0.05, 0) is 74.6 Å². The Morgan fingerprint density at radius 3 is 2.44 bits per heavy atom. The second-order valence-corrected chi connectivity index (χ2v) is 11.2. The number of H-pyrrole nitrogens is 1. The first-order valence-electron chi connectivity index (χ1n) is 11.1. The molecule has 2 aromatic carbocycles. The van der Waals surface area contributed by atoms with Crippen LogP contribution in [0.4, 0.5) is 0 Å². The molecule has 1 saturated carbocycles. The molecule has 0 bridgehead atoms. The molecule has 0 aliphatic heterocycles. The Balaban J connectivity index is 1.82. The van der Waals surface area contributed by atoms with Crippen molar-refractivity contribution in [3.8, 4) is 0 Å². The highest BCUT2D eigenvalue weighted by Crippen LogP contribution is 2.32. The van der Waals surface area contributed by atoms with Gasteiger partial charge in [-0.2, -0.15) is 4.31 Å². The minimum Gasteiger partial charge on any atom is -0.322 e. The first-order valence-corrected chi connectivity index (χ1v) is 12.9. The third-order valence-corrected chi connectivity index (χ3v) is 8.71. The number of hydrogen-bond donors (Lipinski definition) is 1. The Morgan fingerprint density at radius 1 is 1.00 bits per heavy atom. The molecule has 1 fully saturated rings. The van der Waals surface area contributed by atoms with E-state index >= 15 is 0 Å². The van der Waals surface area contributed by atoms with Crippen molar-refractivity contribution in [3.05, 3.63) is 74.0 Å². The normalized spacial score (nSPS) is 15.5. The number of hydrogen-bond acceptors (Lipinski definition) is 3. The molecule has 0 spiro atoms. The van der Waals surface area contributed by atoms with Gasteiger partial charge in [0.15, 0.2) is 0 Å². The number of halogens is 1. The van der Waals surface area contributed by atoms with Crippen LogP contribution in [0.2, 0.25) is 5.02 Å². The first kappa shape index (κ1) is 23.0. The van der Waals surface area contributed by atoms with Crippen LogP contribution >= 0.6 is 11.6 Å². The van der Waals surface area contributed by atoms with Crippen LogP contribution in [-0.2, 0) is 16.6 Å². The third kappa shape index (κ3) is 4.49. The summed E-state index contributed by atoms with van der Waals surface area (Å²) in [5.74, 6) is 0. The van der Waals surface area contributed by atoms with Crippen LogP contribution in [0.1, 0.15) is 54.4 Å². The summed E-state index contributed by atoms with van der Waals surface area (Å²) in [7, 11) is -3.84. The van der Waals surface area contributed by atoms with Gasteiger partial charge in [0.05, 0.1) is 4.90 Å². The number of nitrogens with one attached hydrogen (secondary N) is 1. The second kappa shape index (κ2) is 9.00. The summed E-state index contributed by atoms with van der Waals surface area (Å²) in [5.41, 5.74) is 3.75. The molecule has 5 nitrogen and oxygen atoms in total. The lowest BCUT2D eigenvalue weighted by Gasteiger charge is -2.33. The van der Waals surface area contributed by atoms with Crippen molar-refractivity contribution in [2.24, 2.45) is 0 Å². The Hall–Kier alpha value is -2.15. The van der Waals surface area contributed by atoms with Gasteiger partial charge in [-0.1, -0.05) is 43.0 Å². The SMILES string of the molecule is Cc1cc(C)c2cc(CN(C3CCCCC3)S(=O)(=O)c3cc(Cl)ccc3C)c(=O)[nH]c2c1. The maximum Gasteiger partial charge on any atom is 0.252 e. The molecule has 0 amide bonds. The molecule has 3 aromatic rings. The lowest BCUT2D eigenvalue weighted by molar-refractivity contribution is 0.247. The maximum absolute atomic E-state index is 13.9. The average molecular weight is 473 g/mol. The van der Waals surface area contributed by atoms with E-state index in [1.807, 2.05) is 26.0 Å². The highest BCUT2D eigenvalue weighted by Gasteiger charge is 2.34. The number of nitrogens with zero attached hydrogens (tertiary/aromatic N) is 1. The Kier molecular flexibility index (Phi) is 6.48. The summed E-state index contributed by atoms with van der Waals surface area (Å²) in [6.45, 7) is 5.81. The van der Waals surface area contributed by atoms with Gasteiger partial charge in [-0.25, -0.2) is 8.42 Å². The molecule has 7 heteroatoms. The van der Waals surface area contributed by atoms with Crippen molar-refractivity contribution in [1.29, 1.82) is 0 Å². The summed E-state index contributed by atoms with van der Waals surface area (Å²) in [4.78, 5) is 16.1. The minimum atomic E-state index is -3.84. The van der Waals surface area contributed by atoms with Crippen LogP contribution in [0.5, 0.6) is 0 Å². The predicted molar refractivity (Wildman–Crippen MR) is 130 cm³/mol. The van der Waals surface area contributed by atoms with E-state index in [0.29, 0.717) is 16.1 Å². The summed E-state index contributed by atoms with van der Waals surface area (Å²) in [6.07, 6.45) is 4.66. The number of aromatic amines is 1. The van der Waals surface area contributed by atoms with Crippen LogP contribution in [0.15, 0.2) is 46.1 Å². The molecule has 1 heterocycles. The summed E-state index contributed by atoms with van der Waals surface area (Å²) in [6, 6.07) is 10.6. The Labute approximate surface area is 194 Å². The molecule has 4 rings (SSSR count). The molecular weight excluding hydrogens is 444 g/mol. The highest BCUT2D eigenvalue weighted by atomic mass is 35.5. The van der Waals surface area contributed by atoms with E-state index in [2.05, 4.69) is 11.1 Å². The van der Waals surface area contributed by atoms with E-state index in [9.17, 15) is 13.2 Å². The topological polar surface area (TPSA) is 70.2 Å². The smallest absolute Gasteiger partial charge is 0.252 e. The van der Waals surface area contributed by atoms with Crippen molar-refractivity contribution in [2.45, 2.75) is 70.4 Å². The molecule has 1 aromatic heterocycles. The Morgan fingerprint density at radius 2 is 1.72 bits per heavy atom. The van der Waals surface area contributed by atoms with Crippen LogP contribution in [-0.4, -0.2) is 23.7 Å². The number of aromatic nitrogens is 1. The van der Waals surface area contributed by atoms with Gasteiger partial charge in [0.2, 0.25) is 10.0 Å². The average Bonchev–Trinajstić information content (AvgIpc) is 2.74. The molecule has 32 heavy (non-hydrogen) atoms. The van der Waals surface area contributed by atoms with E-state index in [4.69, 9.17) is 11.6 Å². The monoisotopic (exact) mass is 472 g/mol. The standard InChI is InChI=1S/C25H29ClN2O3S/c1-16-11-18(3)22-13-19(25(29)27-23(22)12-16)15-28(21-7-5-4-6-8-21)32(30,31)24-14-20(26)10-9-17(24)2/h9-14,21H,4-8,15H2,1-3H3,(H,27,29). The third-order valence-electron chi connectivity index (χ3n) is 6.43. The van der Waals surface area contributed by atoms with Gasteiger partial charge >= 0.3 is 0 Å². The fourth-order valence-electron chi connectivity index (χ4n) is 4.76. The predicted octanol–water partition coefficient (Wildman–Crippen LogP) is 5.63. The van der Waals surface area contributed by atoms with Crippen molar-refractivity contribution in [3.63, 3.8) is 0 Å². The van der Waals surface area contributed by atoms with E-state index in [1.54, 1.807) is 19.1 Å².